The van der Waals surface area contributed by atoms with Crippen LogP contribution in [-0.4, -0.2) is 43.9 Å². The van der Waals surface area contributed by atoms with Gasteiger partial charge in [-0.3, -0.25) is 0 Å². The highest BCUT2D eigenvalue weighted by Gasteiger charge is 2.23. The number of ether oxygens (including phenoxy) is 2. The van der Waals surface area contributed by atoms with Crippen LogP contribution >= 0.6 is 0 Å². The average Bonchev–Trinajstić information content (AvgIpc) is 2.98. The number of methoxy groups -OCH3 is 1. The van der Waals surface area contributed by atoms with Crippen molar-refractivity contribution < 1.29 is 18.7 Å². The number of rotatable bonds is 3. The second-order valence-electron chi connectivity index (χ2n) is 5.51. The van der Waals surface area contributed by atoms with Gasteiger partial charge >= 0.3 is 5.97 Å². The van der Waals surface area contributed by atoms with Crippen LogP contribution in [0.5, 0.6) is 0 Å². The Hall–Kier alpha value is -3.05. The van der Waals surface area contributed by atoms with E-state index < -0.39 is 11.8 Å². The fraction of sp³-hybridized carbons (Fsp3) is 0.294. The van der Waals surface area contributed by atoms with E-state index in [1.165, 1.54) is 23.9 Å². The summed E-state index contributed by atoms with van der Waals surface area (Å²) in [6, 6.07) is 6.52. The Morgan fingerprint density at radius 1 is 1.40 bits per heavy atom. The van der Waals surface area contributed by atoms with Gasteiger partial charge in [0.25, 0.3) is 0 Å². The molecule has 1 aliphatic heterocycles. The minimum absolute atomic E-state index is 0.00225. The molecule has 0 atom stereocenters. The number of hydrogen-bond donors (Lipinski definition) is 1. The molecule has 0 saturated carbocycles. The summed E-state index contributed by atoms with van der Waals surface area (Å²) < 4.78 is 26.0. The topological polar surface area (TPSA) is 93.5 Å². The molecular formula is C17H17FN4O3. The Morgan fingerprint density at radius 2 is 2.12 bits per heavy atom. The number of nitrogen functional groups attached to an aromatic ring is 1. The van der Waals surface area contributed by atoms with Crippen LogP contribution in [0, 0.1) is 17.1 Å². The van der Waals surface area contributed by atoms with Gasteiger partial charge in [-0.25, -0.2) is 9.18 Å². The van der Waals surface area contributed by atoms with Crippen molar-refractivity contribution in [2.24, 2.45) is 0 Å². The van der Waals surface area contributed by atoms with E-state index in [0.717, 1.165) is 0 Å². The molecule has 25 heavy (non-hydrogen) atoms. The smallest absolute Gasteiger partial charge is 0.357 e. The van der Waals surface area contributed by atoms with Crippen LogP contribution < -0.4 is 10.6 Å². The third kappa shape index (κ3) is 3.02. The van der Waals surface area contributed by atoms with E-state index in [1.807, 2.05) is 11.0 Å². The van der Waals surface area contributed by atoms with Gasteiger partial charge in [0.05, 0.1) is 37.3 Å². The van der Waals surface area contributed by atoms with Crippen molar-refractivity contribution in [1.82, 2.24) is 4.57 Å². The molecule has 1 saturated heterocycles. The summed E-state index contributed by atoms with van der Waals surface area (Å²) in [6.45, 7) is 2.32. The molecule has 8 heteroatoms. The van der Waals surface area contributed by atoms with Crippen LogP contribution in [0.4, 0.5) is 15.8 Å². The highest BCUT2D eigenvalue weighted by atomic mass is 19.1. The zero-order valence-electron chi connectivity index (χ0n) is 13.7. The van der Waals surface area contributed by atoms with E-state index in [4.69, 9.17) is 20.5 Å². The second kappa shape index (κ2) is 6.83. The third-order valence-electron chi connectivity index (χ3n) is 4.10. The van der Waals surface area contributed by atoms with Gasteiger partial charge in [-0.15, -0.1) is 0 Å². The molecule has 0 aliphatic carbocycles. The predicted molar refractivity (Wildman–Crippen MR) is 89.2 cm³/mol. The summed E-state index contributed by atoms with van der Waals surface area (Å²) in [4.78, 5) is 13.9. The van der Waals surface area contributed by atoms with E-state index in [1.54, 1.807) is 12.1 Å². The summed E-state index contributed by atoms with van der Waals surface area (Å²) in [7, 11) is 1.22. The first-order valence-corrected chi connectivity index (χ1v) is 7.68. The number of esters is 1. The number of nitriles is 1. The molecule has 2 N–H and O–H groups in total. The number of nitrogens with two attached hydrogens (primary N) is 1. The minimum Gasteiger partial charge on any atom is -0.464 e. The number of halogens is 1. The molecule has 2 aromatic rings. The Balaban J connectivity index is 2.04. The SMILES string of the molecule is COC(=O)c1c(N)c(C#N)cn1-c1ccc(N2CCOCC2)c(F)c1. The van der Waals surface area contributed by atoms with Gasteiger partial charge in [0.2, 0.25) is 0 Å². The van der Waals surface area contributed by atoms with Crippen molar-refractivity contribution in [2.75, 3.05) is 44.0 Å². The molecule has 0 bridgehead atoms. The fourth-order valence-electron chi connectivity index (χ4n) is 2.82. The third-order valence-corrected chi connectivity index (χ3v) is 4.10. The number of carbonyl (C=O) groups is 1. The molecule has 1 aromatic carbocycles. The van der Waals surface area contributed by atoms with Crippen molar-refractivity contribution in [2.45, 2.75) is 0 Å². The van der Waals surface area contributed by atoms with Gasteiger partial charge in [-0.1, -0.05) is 0 Å². The zero-order chi connectivity index (χ0) is 18.0. The molecular weight excluding hydrogens is 327 g/mol. The van der Waals surface area contributed by atoms with Crippen LogP contribution in [0.2, 0.25) is 0 Å². The molecule has 2 heterocycles. The summed E-state index contributed by atoms with van der Waals surface area (Å²) in [5, 5.41) is 9.14. The zero-order valence-corrected chi connectivity index (χ0v) is 13.7. The van der Waals surface area contributed by atoms with Crippen molar-refractivity contribution in [3.63, 3.8) is 0 Å². The summed E-state index contributed by atoms with van der Waals surface area (Å²) in [5.74, 6) is -1.13. The van der Waals surface area contributed by atoms with Gasteiger partial charge < -0.3 is 24.7 Å². The molecule has 0 radical (unpaired) electrons. The van der Waals surface area contributed by atoms with Crippen LogP contribution in [0.1, 0.15) is 16.1 Å². The molecule has 0 spiro atoms. The average molecular weight is 344 g/mol. The van der Waals surface area contributed by atoms with Crippen LogP contribution in [-0.2, 0) is 9.47 Å². The minimum atomic E-state index is -0.698. The highest BCUT2D eigenvalue weighted by molar-refractivity contribution is 5.96. The van der Waals surface area contributed by atoms with Crippen molar-refractivity contribution >= 4 is 17.3 Å². The van der Waals surface area contributed by atoms with Crippen molar-refractivity contribution in [1.29, 1.82) is 5.26 Å². The lowest BCUT2D eigenvalue weighted by Crippen LogP contribution is -2.36. The maximum Gasteiger partial charge on any atom is 0.357 e. The fourth-order valence-corrected chi connectivity index (χ4v) is 2.82. The molecule has 0 unspecified atom stereocenters. The Bertz CT molecular complexity index is 850. The number of aromatic nitrogens is 1. The first-order chi connectivity index (χ1) is 12.1. The van der Waals surface area contributed by atoms with E-state index in [2.05, 4.69) is 0 Å². The summed E-state index contributed by atoms with van der Waals surface area (Å²) >= 11 is 0. The first kappa shape index (κ1) is 16.8. The van der Waals surface area contributed by atoms with Crippen LogP contribution in [0.3, 0.4) is 0 Å². The number of carbonyl (C=O) groups excluding carboxylic acids is 1. The number of hydrogen-bond acceptors (Lipinski definition) is 6. The molecule has 7 nitrogen and oxygen atoms in total. The monoisotopic (exact) mass is 344 g/mol. The van der Waals surface area contributed by atoms with E-state index in [0.29, 0.717) is 37.7 Å². The number of morpholine rings is 1. The molecule has 3 rings (SSSR count). The Kier molecular flexibility index (Phi) is 4.59. The largest absolute Gasteiger partial charge is 0.464 e. The second-order valence-corrected chi connectivity index (χ2v) is 5.51. The number of benzene rings is 1. The lowest BCUT2D eigenvalue weighted by molar-refractivity contribution is 0.0593. The lowest BCUT2D eigenvalue weighted by atomic mass is 10.2. The van der Waals surface area contributed by atoms with Crippen molar-refractivity contribution in [3.8, 4) is 11.8 Å². The van der Waals surface area contributed by atoms with E-state index >= 15 is 0 Å². The molecule has 1 aromatic heterocycles. The van der Waals surface area contributed by atoms with Gasteiger partial charge in [-0.2, -0.15) is 5.26 Å². The molecule has 0 amide bonds. The van der Waals surface area contributed by atoms with Gasteiger partial charge in [-0.05, 0) is 12.1 Å². The molecule has 1 aliphatic rings. The number of anilines is 2. The van der Waals surface area contributed by atoms with Gasteiger partial charge in [0.15, 0.2) is 5.69 Å². The molecule has 1 fully saturated rings. The predicted octanol–water partition coefficient (Wildman–Crippen LogP) is 1.69. The van der Waals surface area contributed by atoms with Gasteiger partial charge in [0, 0.05) is 31.0 Å². The first-order valence-electron chi connectivity index (χ1n) is 7.68. The Labute approximate surface area is 144 Å². The molecule has 130 valence electrons. The van der Waals surface area contributed by atoms with E-state index in [-0.39, 0.29) is 16.9 Å². The lowest BCUT2D eigenvalue weighted by Gasteiger charge is -2.29. The quantitative estimate of drug-likeness (QED) is 0.852. The number of nitrogens with zero attached hydrogens (tertiary/aromatic N) is 3. The van der Waals surface area contributed by atoms with Crippen molar-refractivity contribution in [3.05, 3.63) is 41.5 Å². The van der Waals surface area contributed by atoms with Crippen LogP contribution in [0.15, 0.2) is 24.4 Å². The normalized spacial score (nSPS) is 14.2. The highest BCUT2D eigenvalue weighted by Crippen LogP contribution is 2.28. The summed E-state index contributed by atoms with van der Waals surface area (Å²) in [5.41, 5.74) is 6.82. The van der Waals surface area contributed by atoms with Crippen LogP contribution in [0.25, 0.3) is 5.69 Å². The standard InChI is InChI=1S/C17H17FN4O3/c1-24-17(23)16-15(20)11(9-19)10-22(16)12-2-3-14(13(18)8-12)21-4-6-25-7-5-21/h2-3,8,10H,4-7,20H2,1H3. The maximum atomic E-state index is 14.6. The Morgan fingerprint density at radius 3 is 2.72 bits per heavy atom. The summed E-state index contributed by atoms with van der Waals surface area (Å²) in [6.07, 6.45) is 1.39. The van der Waals surface area contributed by atoms with E-state index in [9.17, 15) is 9.18 Å². The maximum absolute atomic E-state index is 14.6. The van der Waals surface area contributed by atoms with Gasteiger partial charge in [0.1, 0.15) is 11.9 Å².